The van der Waals surface area contributed by atoms with Gasteiger partial charge in [-0.3, -0.25) is 0 Å². The molecule has 0 N–H and O–H groups in total. The molecule has 0 radical (unpaired) electrons. The van der Waals surface area contributed by atoms with E-state index < -0.39 is 0 Å². The average Bonchev–Trinajstić information content (AvgIpc) is 2.50. The lowest BCUT2D eigenvalue weighted by molar-refractivity contribution is 0.0955. The summed E-state index contributed by atoms with van der Waals surface area (Å²) in [4.78, 5) is 0. The normalized spacial score (nSPS) is 33.8. The zero-order valence-corrected chi connectivity index (χ0v) is 9.20. The van der Waals surface area contributed by atoms with Crippen LogP contribution in [0.5, 0.6) is 0 Å². The molecule has 0 aromatic rings. The van der Waals surface area contributed by atoms with Gasteiger partial charge in [0.15, 0.2) is 0 Å². The number of alkyl halides is 1. The van der Waals surface area contributed by atoms with Crippen LogP contribution in [-0.2, 0) is 4.74 Å². The molecule has 1 atom stereocenters. The van der Waals surface area contributed by atoms with Gasteiger partial charge in [-0.25, -0.2) is 0 Å². The van der Waals surface area contributed by atoms with Crippen molar-refractivity contribution >= 4 is 15.9 Å². The molecule has 11 heavy (non-hydrogen) atoms. The molecule has 0 bridgehead atoms. The van der Waals surface area contributed by atoms with Crippen LogP contribution in [-0.4, -0.2) is 18.5 Å². The lowest BCUT2D eigenvalue weighted by Gasteiger charge is -2.16. The number of ether oxygens (including phenoxy) is 1. The third kappa shape index (κ3) is 1.62. The lowest BCUT2D eigenvalue weighted by Crippen LogP contribution is -2.18. The number of hydrogen-bond donors (Lipinski definition) is 0. The van der Waals surface area contributed by atoms with E-state index in [9.17, 15) is 0 Å². The van der Waals surface area contributed by atoms with Crippen LogP contribution in [0.4, 0.5) is 0 Å². The Bertz CT molecular complexity index is 144. The van der Waals surface area contributed by atoms with E-state index >= 15 is 0 Å². The van der Waals surface area contributed by atoms with E-state index in [1.165, 1.54) is 6.42 Å². The van der Waals surface area contributed by atoms with Crippen LogP contribution in [0, 0.1) is 10.8 Å². The summed E-state index contributed by atoms with van der Waals surface area (Å²) >= 11 is 3.56. The monoisotopic (exact) mass is 220 g/mol. The van der Waals surface area contributed by atoms with Crippen molar-refractivity contribution in [3.05, 3.63) is 0 Å². The highest BCUT2D eigenvalue weighted by Gasteiger charge is 2.60. The molecule has 1 saturated carbocycles. The fraction of sp³-hybridized carbons (Fsp3) is 1.00. The summed E-state index contributed by atoms with van der Waals surface area (Å²) < 4.78 is 5.46. The Balaban J connectivity index is 2.40. The van der Waals surface area contributed by atoms with Crippen LogP contribution in [0.15, 0.2) is 0 Å². The first-order valence-corrected chi connectivity index (χ1v) is 5.34. The molecule has 66 valence electrons. The number of rotatable bonds is 4. The summed E-state index contributed by atoms with van der Waals surface area (Å²) in [6.45, 7) is 8.43. The third-order valence-electron chi connectivity index (χ3n) is 2.93. The van der Waals surface area contributed by atoms with Gasteiger partial charge in [0.05, 0.1) is 6.61 Å². The molecule has 1 fully saturated rings. The Hall–Kier alpha value is 0.440. The minimum atomic E-state index is 0.434. The van der Waals surface area contributed by atoms with Crippen LogP contribution < -0.4 is 0 Å². The Morgan fingerprint density at radius 1 is 1.45 bits per heavy atom. The molecule has 1 rings (SSSR count). The zero-order chi connectivity index (χ0) is 8.54. The Labute approximate surface area is 77.6 Å². The Morgan fingerprint density at radius 3 is 2.27 bits per heavy atom. The van der Waals surface area contributed by atoms with Gasteiger partial charge in [-0.05, 0) is 18.8 Å². The van der Waals surface area contributed by atoms with E-state index in [-0.39, 0.29) is 0 Å². The van der Waals surface area contributed by atoms with E-state index in [4.69, 9.17) is 4.74 Å². The van der Waals surface area contributed by atoms with Gasteiger partial charge in [0.2, 0.25) is 0 Å². The predicted molar refractivity (Wildman–Crippen MR) is 51.1 cm³/mol. The summed E-state index contributed by atoms with van der Waals surface area (Å²) in [6, 6.07) is 0. The van der Waals surface area contributed by atoms with Crippen molar-refractivity contribution < 1.29 is 4.74 Å². The highest BCUT2D eigenvalue weighted by molar-refractivity contribution is 9.09. The second kappa shape index (κ2) is 3.06. The van der Waals surface area contributed by atoms with Gasteiger partial charge in [-0.2, -0.15) is 0 Å². The fourth-order valence-electron chi connectivity index (χ4n) is 1.61. The summed E-state index contributed by atoms with van der Waals surface area (Å²) in [5.74, 6) is 0. The van der Waals surface area contributed by atoms with Crippen LogP contribution in [0.3, 0.4) is 0 Å². The smallest absolute Gasteiger partial charge is 0.0535 e. The Kier molecular flexibility index (Phi) is 2.65. The van der Waals surface area contributed by atoms with Crippen molar-refractivity contribution in [2.75, 3.05) is 18.5 Å². The van der Waals surface area contributed by atoms with Crippen molar-refractivity contribution in [3.8, 4) is 0 Å². The number of hydrogen-bond acceptors (Lipinski definition) is 1. The molecule has 0 aromatic carbocycles. The Morgan fingerprint density at radius 2 is 2.00 bits per heavy atom. The second-order valence-corrected chi connectivity index (χ2v) is 4.67. The van der Waals surface area contributed by atoms with E-state index in [1.54, 1.807) is 0 Å². The van der Waals surface area contributed by atoms with Crippen molar-refractivity contribution in [1.82, 2.24) is 0 Å². The van der Waals surface area contributed by atoms with Crippen LogP contribution in [0.25, 0.3) is 0 Å². The molecule has 0 spiro atoms. The van der Waals surface area contributed by atoms with Gasteiger partial charge in [0.25, 0.3) is 0 Å². The summed E-state index contributed by atoms with van der Waals surface area (Å²) in [6.07, 6.45) is 1.30. The predicted octanol–water partition coefficient (Wildman–Crippen LogP) is 2.83. The largest absolute Gasteiger partial charge is 0.381 e. The van der Waals surface area contributed by atoms with Crippen molar-refractivity contribution in [2.24, 2.45) is 10.8 Å². The lowest BCUT2D eigenvalue weighted by atomic mass is 9.99. The van der Waals surface area contributed by atoms with E-state index in [0.29, 0.717) is 10.8 Å². The van der Waals surface area contributed by atoms with E-state index in [2.05, 4.69) is 36.7 Å². The highest BCUT2D eigenvalue weighted by Crippen LogP contribution is 2.64. The quantitative estimate of drug-likeness (QED) is 0.663. The van der Waals surface area contributed by atoms with Crippen LogP contribution in [0.1, 0.15) is 27.2 Å². The van der Waals surface area contributed by atoms with Gasteiger partial charge in [0, 0.05) is 17.4 Å². The molecular weight excluding hydrogens is 204 g/mol. The zero-order valence-electron chi connectivity index (χ0n) is 7.61. The van der Waals surface area contributed by atoms with E-state index in [1.807, 2.05) is 0 Å². The average molecular weight is 221 g/mol. The van der Waals surface area contributed by atoms with Crippen LogP contribution in [0.2, 0.25) is 0 Å². The molecule has 2 heteroatoms. The maximum Gasteiger partial charge on any atom is 0.0535 e. The van der Waals surface area contributed by atoms with Gasteiger partial charge in [0.1, 0.15) is 0 Å². The first-order chi connectivity index (χ1) is 5.08. The van der Waals surface area contributed by atoms with E-state index in [0.717, 1.165) is 18.5 Å². The molecule has 0 saturated heterocycles. The molecule has 1 nitrogen and oxygen atoms in total. The molecule has 1 unspecified atom stereocenters. The van der Waals surface area contributed by atoms with Crippen LogP contribution >= 0.6 is 15.9 Å². The van der Waals surface area contributed by atoms with Gasteiger partial charge in [-0.1, -0.05) is 29.8 Å². The van der Waals surface area contributed by atoms with Gasteiger partial charge < -0.3 is 4.74 Å². The van der Waals surface area contributed by atoms with Gasteiger partial charge >= 0.3 is 0 Å². The number of halogens is 1. The summed E-state index contributed by atoms with van der Waals surface area (Å²) in [5.41, 5.74) is 0.925. The molecule has 0 aliphatic heterocycles. The molecule has 0 aromatic heterocycles. The maximum absolute atomic E-state index is 5.46. The summed E-state index contributed by atoms with van der Waals surface area (Å²) in [7, 11) is 0. The third-order valence-corrected chi connectivity index (χ3v) is 4.00. The molecule has 0 amide bonds. The standard InChI is InChI=1S/C9H17BrO/c1-4-11-7-9(6-10)5-8(9,2)3/h4-7H2,1-3H3. The summed E-state index contributed by atoms with van der Waals surface area (Å²) in [5, 5.41) is 1.08. The van der Waals surface area contributed by atoms with Gasteiger partial charge in [-0.15, -0.1) is 0 Å². The molecular formula is C9H17BrO. The topological polar surface area (TPSA) is 9.23 Å². The van der Waals surface area contributed by atoms with Crippen molar-refractivity contribution in [2.45, 2.75) is 27.2 Å². The first kappa shape index (κ1) is 9.53. The second-order valence-electron chi connectivity index (χ2n) is 4.11. The van der Waals surface area contributed by atoms with Crippen molar-refractivity contribution in [1.29, 1.82) is 0 Å². The SMILES string of the molecule is CCOCC1(CBr)CC1(C)C. The molecule has 1 aliphatic rings. The van der Waals surface area contributed by atoms with Crippen molar-refractivity contribution in [3.63, 3.8) is 0 Å². The minimum Gasteiger partial charge on any atom is -0.381 e. The first-order valence-electron chi connectivity index (χ1n) is 4.22. The highest BCUT2D eigenvalue weighted by atomic mass is 79.9. The fourth-order valence-corrected chi connectivity index (χ4v) is 2.73. The molecule has 0 heterocycles. The minimum absolute atomic E-state index is 0.434. The molecule has 1 aliphatic carbocycles. The maximum atomic E-state index is 5.46.